The third-order valence-corrected chi connectivity index (χ3v) is 2.68. The first-order valence-corrected chi connectivity index (χ1v) is 5.80. The largest absolute Gasteiger partial charge is 0.494 e. The highest BCUT2D eigenvalue weighted by atomic mass is 16.6. The smallest absolute Gasteiger partial charge is 0.423 e. The monoisotopic (exact) mass is 288 g/mol. The fourth-order valence-corrected chi connectivity index (χ4v) is 1.73. The van der Waals surface area contributed by atoms with Gasteiger partial charge in [-0.05, 0) is 28.1 Å². The van der Waals surface area contributed by atoms with Gasteiger partial charge in [0.15, 0.2) is 0 Å². The van der Waals surface area contributed by atoms with Crippen LogP contribution in [0.4, 0.5) is 5.95 Å². The number of aromatic nitrogens is 3. The van der Waals surface area contributed by atoms with Gasteiger partial charge in [0.1, 0.15) is 11.3 Å². The van der Waals surface area contributed by atoms with Crippen molar-refractivity contribution < 1.29 is 14.1 Å². The maximum absolute atomic E-state index is 11.2. The number of rotatable bonds is 3. The predicted molar refractivity (Wildman–Crippen MR) is 70.2 cm³/mol. The van der Waals surface area contributed by atoms with Gasteiger partial charge in [-0.15, -0.1) is 4.68 Å². The first-order chi connectivity index (χ1) is 10.0. The Balaban J connectivity index is 1.98. The van der Waals surface area contributed by atoms with Gasteiger partial charge in [0.2, 0.25) is 0 Å². The van der Waals surface area contributed by atoms with E-state index in [1.807, 2.05) is 0 Å². The van der Waals surface area contributed by atoms with Crippen LogP contribution in [0.25, 0.3) is 11.0 Å². The lowest BCUT2D eigenvalue weighted by Crippen LogP contribution is -1.97. The third kappa shape index (κ3) is 2.43. The van der Waals surface area contributed by atoms with Crippen LogP contribution >= 0.6 is 0 Å². The number of benzene rings is 1. The number of nitrogens with zero attached hydrogens (tertiary/aromatic N) is 4. The van der Waals surface area contributed by atoms with Crippen LogP contribution in [-0.4, -0.2) is 19.7 Å². The summed E-state index contributed by atoms with van der Waals surface area (Å²) < 4.78 is 11.6. The molecule has 0 saturated carbocycles. The maximum atomic E-state index is 11.2. The third-order valence-electron chi connectivity index (χ3n) is 2.68. The number of aryl methyl sites for hydroxylation is 1. The molecule has 0 spiro atoms. The van der Waals surface area contributed by atoms with Crippen molar-refractivity contribution in [2.45, 2.75) is 0 Å². The van der Waals surface area contributed by atoms with E-state index in [1.165, 1.54) is 19.2 Å². The fourth-order valence-electron chi connectivity index (χ4n) is 1.73. The van der Waals surface area contributed by atoms with Crippen LogP contribution in [0.3, 0.4) is 0 Å². The number of nitro groups is 1. The summed E-state index contributed by atoms with van der Waals surface area (Å²) in [6.45, 7) is 0. The van der Waals surface area contributed by atoms with Crippen LogP contribution in [0.15, 0.2) is 39.5 Å². The van der Waals surface area contributed by atoms with Gasteiger partial charge in [0, 0.05) is 22.6 Å². The van der Waals surface area contributed by atoms with Gasteiger partial charge in [-0.1, -0.05) is 0 Å². The zero-order valence-electron chi connectivity index (χ0n) is 10.7. The average Bonchev–Trinajstić information content (AvgIpc) is 2.80. The van der Waals surface area contributed by atoms with Gasteiger partial charge in [-0.25, -0.2) is 4.79 Å². The van der Waals surface area contributed by atoms with Crippen LogP contribution in [-0.2, 0) is 7.05 Å². The number of hydrogen-bond donors (Lipinski definition) is 0. The molecule has 3 rings (SSSR count). The molecule has 1 aromatic carbocycles. The molecule has 0 atom stereocenters. The second kappa shape index (κ2) is 4.71. The summed E-state index contributed by atoms with van der Waals surface area (Å²) in [6, 6.07) is 7.71. The second-order valence-electron chi connectivity index (χ2n) is 4.13. The van der Waals surface area contributed by atoms with Gasteiger partial charge in [-0.2, -0.15) is 0 Å². The lowest BCUT2D eigenvalue weighted by atomic mass is 10.2. The molecule has 0 aliphatic heterocycles. The predicted octanol–water partition coefficient (Wildman–Crippen LogP) is 1.62. The molecular weight excluding hydrogens is 280 g/mol. The van der Waals surface area contributed by atoms with E-state index in [-0.39, 0.29) is 6.01 Å². The van der Waals surface area contributed by atoms with Crippen molar-refractivity contribution in [1.82, 2.24) is 14.8 Å². The Morgan fingerprint density at radius 1 is 1.33 bits per heavy atom. The van der Waals surface area contributed by atoms with Crippen molar-refractivity contribution in [1.29, 1.82) is 0 Å². The molecule has 9 heteroatoms. The van der Waals surface area contributed by atoms with Crippen LogP contribution in [0.2, 0.25) is 0 Å². The molecule has 0 radical (unpaired) electrons. The Morgan fingerprint density at radius 3 is 2.81 bits per heavy atom. The van der Waals surface area contributed by atoms with E-state index in [0.29, 0.717) is 11.3 Å². The minimum absolute atomic E-state index is 0.0423. The van der Waals surface area contributed by atoms with Crippen LogP contribution in [0, 0.1) is 10.1 Å². The van der Waals surface area contributed by atoms with E-state index < -0.39 is 16.5 Å². The summed E-state index contributed by atoms with van der Waals surface area (Å²) in [7, 11) is 1.47. The lowest BCUT2D eigenvalue weighted by molar-refractivity contribution is -0.394. The summed E-state index contributed by atoms with van der Waals surface area (Å²) in [5.41, 5.74) is -0.134. The Hall–Kier alpha value is -3.23. The van der Waals surface area contributed by atoms with Crippen molar-refractivity contribution in [3.63, 3.8) is 0 Å². The van der Waals surface area contributed by atoms with Crippen molar-refractivity contribution in [3.8, 4) is 11.8 Å². The first kappa shape index (κ1) is 12.8. The van der Waals surface area contributed by atoms with Crippen molar-refractivity contribution in [2.75, 3.05) is 0 Å². The van der Waals surface area contributed by atoms with Crippen molar-refractivity contribution in [2.24, 2.45) is 7.05 Å². The van der Waals surface area contributed by atoms with E-state index in [9.17, 15) is 14.9 Å². The molecule has 106 valence electrons. The number of hydrogen-bond acceptors (Lipinski definition) is 7. The highest BCUT2D eigenvalue weighted by Crippen LogP contribution is 2.24. The fraction of sp³-hybridized carbons (Fsp3) is 0.0833. The molecular formula is C12H8N4O5. The van der Waals surface area contributed by atoms with Crippen molar-refractivity contribution >= 4 is 16.9 Å². The molecule has 21 heavy (non-hydrogen) atoms. The molecule has 0 aliphatic carbocycles. The van der Waals surface area contributed by atoms with Crippen LogP contribution in [0.5, 0.6) is 11.8 Å². The average molecular weight is 288 g/mol. The molecule has 0 fully saturated rings. The SMILES string of the molecule is Cn1nc([N+](=O)[O-])nc1Oc1ccc2ccc(=O)oc2c1. The Morgan fingerprint density at radius 2 is 2.10 bits per heavy atom. The molecule has 0 amide bonds. The number of ether oxygens (including phenoxy) is 1. The van der Waals surface area contributed by atoms with E-state index in [4.69, 9.17) is 9.15 Å². The lowest BCUT2D eigenvalue weighted by Gasteiger charge is -2.01. The zero-order valence-corrected chi connectivity index (χ0v) is 10.7. The summed E-state index contributed by atoms with van der Waals surface area (Å²) in [4.78, 5) is 24.7. The van der Waals surface area contributed by atoms with Gasteiger partial charge in [-0.3, -0.25) is 0 Å². The van der Waals surface area contributed by atoms with Crippen molar-refractivity contribution in [3.05, 3.63) is 50.9 Å². The summed E-state index contributed by atoms with van der Waals surface area (Å²) >= 11 is 0. The first-order valence-electron chi connectivity index (χ1n) is 5.80. The summed E-state index contributed by atoms with van der Waals surface area (Å²) in [5, 5.41) is 14.9. The Bertz CT molecular complexity index is 898. The molecule has 3 aromatic rings. The minimum atomic E-state index is -0.716. The zero-order chi connectivity index (χ0) is 15.0. The maximum Gasteiger partial charge on any atom is 0.494 e. The standard InChI is InChI=1S/C12H8N4O5/c1-15-12(13-11(14-15)16(18)19)20-8-4-2-7-3-5-10(17)21-9(7)6-8/h2-6H,1H3. The minimum Gasteiger partial charge on any atom is -0.423 e. The molecule has 0 unspecified atom stereocenters. The molecule has 0 bridgehead atoms. The highest BCUT2D eigenvalue weighted by Gasteiger charge is 2.21. The molecule has 2 aromatic heterocycles. The van der Waals surface area contributed by atoms with E-state index in [2.05, 4.69) is 10.1 Å². The normalized spacial score (nSPS) is 10.7. The van der Waals surface area contributed by atoms with E-state index >= 15 is 0 Å². The topological polar surface area (TPSA) is 113 Å². The Labute approximate surface area is 116 Å². The van der Waals surface area contributed by atoms with Crippen LogP contribution < -0.4 is 10.4 Å². The molecule has 9 nitrogen and oxygen atoms in total. The van der Waals surface area contributed by atoms with Gasteiger partial charge >= 0.3 is 17.6 Å². The second-order valence-corrected chi connectivity index (χ2v) is 4.13. The van der Waals surface area contributed by atoms with Crippen LogP contribution in [0.1, 0.15) is 0 Å². The van der Waals surface area contributed by atoms with Gasteiger partial charge in [0.05, 0.1) is 7.05 Å². The van der Waals surface area contributed by atoms with Gasteiger partial charge < -0.3 is 19.3 Å². The number of fused-ring (bicyclic) bond motifs is 1. The molecule has 0 aliphatic rings. The van der Waals surface area contributed by atoms with E-state index in [0.717, 1.165) is 10.1 Å². The molecule has 2 heterocycles. The molecule has 0 N–H and O–H groups in total. The summed E-state index contributed by atoms with van der Waals surface area (Å²) in [5.74, 6) is -0.234. The summed E-state index contributed by atoms with van der Waals surface area (Å²) in [6.07, 6.45) is 0. The highest BCUT2D eigenvalue weighted by molar-refractivity contribution is 5.77. The quantitative estimate of drug-likeness (QED) is 0.408. The van der Waals surface area contributed by atoms with E-state index in [1.54, 1.807) is 18.2 Å². The Kier molecular flexibility index (Phi) is 2.87. The van der Waals surface area contributed by atoms with Gasteiger partial charge in [0.25, 0.3) is 0 Å². The molecule has 0 saturated heterocycles.